The maximum Gasteiger partial charge on any atom is 0.260 e. The van der Waals surface area contributed by atoms with Crippen LogP contribution in [0.15, 0.2) is 34.2 Å². The number of carbonyl (C=O) groups excluding carboxylic acids is 1. The van der Waals surface area contributed by atoms with Crippen molar-refractivity contribution in [3.8, 4) is 0 Å². The van der Waals surface area contributed by atoms with Crippen LogP contribution < -0.4 is 15.8 Å². The number of nitrogens with zero attached hydrogens (tertiary/aromatic N) is 2. The number of aromatic nitrogens is 2. The summed E-state index contributed by atoms with van der Waals surface area (Å²) < 4.78 is 5.39. The Morgan fingerprint density at radius 3 is 2.77 bits per heavy atom. The van der Waals surface area contributed by atoms with Crippen molar-refractivity contribution < 1.29 is 9.53 Å². The largest absolute Gasteiger partial charge is 0.378 e. The van der Waals surface area contributed by atoms with Crippen molar-refractivity contribution in [3.05, 3.63) is 45.1 Å². The van der Waals surface area contributed by atoms with Gasteiger partial charge in [0, 0.05) is 29.3 Å². The molecular weight excluding hydrogens is 432 g/mol. The van der Waals surface area contributed by atoms with E-state index in [-0.39, 0.29) is 17.2 Å². The van der Waals surface area contributed by atoms with Gasteiger partial charge in [0.1, 0.15) is 4.83 Å². The van der Waals surface area contributed by atoms with Gasteiger partial charge in [-0.05, 0) is 55.5 Å². The van der Waals surface area contributed by atoms with Crippen molar-refractivity contribution in [2.75, 3.05) is 42.3 Å². The fourth-order valence-electron chi connectivity index (χ4n) is 4.12. The van der Waals surface area contributed by atoms with Crippen LogP contribution in [-0.2, 0) is 22.4 Å². The van der Waals surface area contributed by atoms with Crippen molar-refractivity contribution in [1.82, 2.24) is 9.97 Å². The molecule has 3 heterocycles. The molecule has 5 rings (SSSR count). The number of benzene rings is 1. The lowest BCUT2D eigenvalue weighted by Gasteiger charge is -2.28. The third-order valence-corrected chi connectivity index (χ3v) is 7.73. The number of H-pyrrole nitrogens is 1. The Hall–Kier alpha value is -2.36. The van der Waals surface area contributed by atoms with Crippen molar-refractivity contribution >= 4 is 50.6 Å². The Morgan fingerprint density at radius 1 is 1.19 bits per heavy atom. The molecule has 0 spiro atoms. The molecule has 1 amide bonds. The molecule has 2 N–H and O–H groups in total. The molecule has 0 bridgehead atoms. The second-order valence-corrected chi connectivity index (χ2v) is 9.79. The minimum Gasteiger partial charge on any atom is -0.378 e. The Bertz CT molecular complexity index is 1150. The highest BCUT2D eigenvalue weighted by atomic mass is 32.2. The molecule has 2 aliphatic rings. The number of aryl methyl sites for hydroxylation is 2. The summed E-state index contributed by atoms with van der Waals surface area (Å²) in [4.78, 5) is 36.8. The number of carbonyl (C=O) groups is 1. The number of nitrogens with one attached hydrogen (secondary N) is 2. The van der Waals surface area contributed by atoms with E-state index in [2.05, 4.69) is 20.2 Å². The first kappa shape index (κ1) is 20.5. The minimum atomic E-state index is -0.127. The Labute approximate surface area is 188 Å². The molecule has 3 aromatic rings. The van der Waals surface area contributed by atoms with Crippen LogP contribution in [0.1, 0.15) is 23.3 Å². The van der Waals surface area contributed by atoms with Crippen LogP contribution >= 0.6 is 23.1 Å². The van der Waals surface area contributed by atoms with Gasteiger partial charge in [-0.3, -0.25) is 9.59 Å². The lowest BCUT2D eigenvalue weighted by atomic mass is 9.97. The lowest BCUT2D eigenvalue weighted by molar-refractivity contribution is -0.113. The molecule has 7 nitrogen and oxygen atoms in total. The number of rotatable bonds is 5. The van der Waals surface area contributed by atoms with E-state index >= 15 is 0 Å². The number of thiophene rings is 1. The molecule has 1 aliphatic heterocycles. The fourth-order valence-corrected chi connectivity index (χ4v) is 6.10. The van der Waals surface area contributed by atoms with E-state index in [1.54, 1.807) is 11.3 Å². The van der Waals surface area contributed by atoms with E-state index in [9.17, 15) is 9.59 Å². The molecule has 2 aromatic heterocycles. The number of hydrogen-bond acceptors (Lipinski definition) is 7. The van der Waals surface area contributed by atoms with Gasteiger partial charge in [-0.25, -0.2) is 4.98 Å². The Kier molecular flexibility index (Phi) is 5.97. The number of morpholine rings is 1. The summed E-state index contributed by atoms with van der Waals surface area (Å²) in [5.74, 6) is 0.0578. The second kappa shape index (κ2) is 9.02. The van der Waals surface area contributed by atoms with Gasteiger partial charge in [0.05, 0.1) is 24.4 Å². The normalized spacial score (nSPS) is 16.3. The summed E-state index contributed by atoms with van der Waals surface area (Å²) in [6, 6.07) is 7.85. The van der Waals surface area contributed by atoms with E-state index in [0.717, 1.165) is 67.2 Å². The highest BCUT2D eigenvalue weighted by molar-refractivity contribution is 7.99. The number of fused-ring (bicyclic) bond motifs is 3. The van der Waals surface area contributed by atoms with Crippen LogP contribution in [0.25, 0.3) is 10.2 Å². The maximum absolute atomic E-state index is 12.6. The lowest BCUT2D eigenvalue weighted by Crippen LogP contribution is -2.36. The first-order chi connectivity index (χ1) is 15.2. The molecule has 0 unspecified atom stereocenters. The van der Waals surface area contributed by atoms with Gasteiger partial charge in [0.15, 0.2) is 5.16 Å². The predicted molar refractivity (Wildman–Crippen MR) is 126 cm³/mol. The average Bonchev–Trinajstić information content (AvgIpc) is 3.18. The predicted octanol–water partition coefficient (Wildman–Crippen LogP) is 3.43. The Balaban J connectivity index is 1.21. The SMILES string of the molecule is O=C(CSc1nc2sc3c(c2c(=O)[nH]1)CCCC3)Nc1ccc(N2CCOCC2)cc1. The molecule has 0 saturated carbocycles. The number of thioether (sulfide) groups is 1. The molecule has 162 valence electrons. The molecule has 1 aromatic carbocycles. The van der Waals surface area contributed by atoms with E-state index in [0.29, 0.717) is 5.16 Å². The van der Waals surface area contributed by atoms with E-state index in [1.165, 1.54) is 28.6 Å². The average molecular weight is 457 g/mol. The van der Waals surface area contributed by atoms with Gasteiger partial charge in [0.25, 0.3) is 5.56 Å². The van der Waals surface area contributed by atoms with Gasteiger partial charge >= 0.3 is 0 Å². The highest BCUT2D eigenvalue weighted by Crippen LogP contribution is 2.34. The molecule has 1 aliphatic carbocycles. The molecule has 0 atom stereocenters. The van der Waals surface area contributed by atoms with Crippen LogP contribution in [0.3, 0.4) is 0 Å². The quantitative estimate of drug-likeness (QED) is 0.452. The van der Waals surface area contributed by atoms with Crippen molar-refractivity contribution in [2.45, 2.75) is 30.8 Å². The zero-order valence-electron chi connectivity index (χ0n) is 17.1. The molecule has 9 heteroatoms. The fraction of sp³-hybridized carbons (Fsp3) is 0.409. The van der Waals surface area contributed by atoms with Gasteiger partial charge in [-0.15, -0.1) is 11.3 Å². The van der Waals surface area contributed by atoms with Crippen molar-refractivity contribution in [2.24, 2.45) is 0 Å². The molecule has 31 heavy (non-hydrogen) atoms. The molecule has 1 fully saturated rings. The topological polar surface area (TPSA) is 87.3 Å². The zero-order chi connectivity index (χ0) is 21.2. The first-order valence-corrected chi connectivity index (χ1v) is 12.4. The number of ether oxygens (including phenoxy) is 1. The summed E-state index contributed by atoms with van der Waals surface area (Å²) in [5.41, 5.74) is 2.97. The maximum atomic E-state index is 12.6. The standard InChI is InChI=1S/C22H24N4O3S2/c27-18(23-14-5-7-15(8-6-14)26-9-11-29-12-10-26)13-30-22-24-20(28)19-16-3-1-2-4-17(16)31-21(19)25-22/h5-8H,1-4,9-13H2,(H,23,27)(H,24,25,28). The van der Waals surface area contributed by atoms with E-state index in [4.69, 9.17) is 4.74 Å². The van der Waals surface area contributed by atoms with Gasteiger partial charge in [-0.2, -0.15) is 0 Å². The highest BCUT2D eigenvalue weighted by Gasteiger charge is 2.20. The number of aromatic amines is 1. The molecule has 1 saturated heterocycles. The monoisotopic (exact) mass is 456 g/mol. The molecule has 0 radical (unpaired) electrons. The summed E-state index contributed by atoms with van der Waals surface area (Å²) in [7, 11) is 0. The summed E-state index contributed by atoms with van der Waals surface area (Å²) in [5, 5.41) is 4.15. The zero-order valence-corrected chi connectivity index (χ0v) is 18.7. The smallest absolute Gasteiger partial charge is 0.260 e. The van der Waals surface area contributed by atoms with Crippen LogP contribution in [0.4, 0.5) is 11.4 Å². The third kappa shape index (κ3) is 4.49. The van der Waals surface area contributed by atoms with Crippen LogP contribution in [0, 0.1) is 0 Å². The van der Waals surface area contributed by atoms with Crippen LogP contribution in [0.2, 0.25) is 0 Å². The van der Waals surface area contributed by atoms with Crippen molar-refractivity contribution in [1.29, 1.82) is 0 Å². The second-order valence-electron chi connectivity index (χ2n) is 7.75. The van der Waals surface area contributed by atoms with E-state index in [1.807, 2.05) is 24.3 Å². The van der Waals surface area contributed by atoms with Crippen LogP contribution in [0.5, 0.6) is 0 Å². The summed E-state index contributed by atoms with van der Waals surface area (Å²) in [6.45, 7) is 3.24. The summed E-state index contributed by atoms with van der Waals surface area (Å²) in [6.07, 6.45) is 4.29. The number of anilines is 2. The third-order valence-electron chi connectivity index (χ3n) is 5.67. The molecular formula is C22H24N4O3S2. The van der Waals surface area contributed by atoms with Gasteiger partial charge in [0.2, 0.25) is 5.91 Å². The van der Waals surface area contributed by atoms with E-state index < -0.39 is 0 Å². The van der Waals surface area contributed by atoms with Gasteiger partial charge in [-0.1, -0.05) is 11.8 Å². The number of hydrogen-bond donors (Lipinski definition) is 2. The number of amides is 1. The van der Waals surface area contributed by atoms with Crippen LogP contribution in [-0.4, -0.2) is 47.9 Å². The van der Waals surface area contributed by atoms with Crippen molar-refractivity contribution in [3.63, 3.8) is 0 Å². The Morgan fingerprint density at radius 2 is 1.97 bits per heavy atom. The minimum absolute atomic E-state index is 0.0917. The first-order valence-electron chi connectivity index (χ1n) is 10.6. The summed E-state index contributed by atoms with van der Waals surface area (Å²) >= 11 is 2.88. The van der Waals surface area contributed by atoms with Gasteiger partial charge < -0.3 is 19.9 Å².